The van der Waals surface area contributed by atoms with Crippen molar-refractivity contribution in [2.24, 2.45) is 4.99 Å². The molecular weight excluding hydrogens is 330 g/mol. The summed E-state index contributed by atoms with van der Waals surface area (Å²) in [6, 6.07) is 14.6. The van der Waals surface area contributed by atoms with Crippen LogP contribution in [0.5, 0.6) is 0 Å². The average Bonchev–Trinajstić information content (AvgIpc) is 2.97. The smallest absolute Gasteiger partial charge is 0.270 e. The number of imidazole rings is 1. The van der Waals surface area contributed by atoms with Crippen LogP contribution in [-0.4, -0.2) is 27.2 Å². The highest BCUT2D eigenvalue weighted by Gasteiger charge is 2.23. The molecule has 7 nitrogen and oxygen atoms in total. The lowest BCUT2D eigenvalue weighted by molar-refractivity contribution is -0.384. The van der Waals surface area contributed by atoms with Gasteiger partial charge in [-0.3, -0.25) is 19.7 Å². The summed E-state index contributed by atoms with van der Waals surface area (Å²) in [5.74, 6) is 0.816. The van der Waals surface area contributed by atoms with E-state index in [0.29, 0.717) is 13.1 Å². The molecule has 1 aliphatic heterocycles. The Bertz CT molecular complexity index is 1010. The summed E-state index contributed by atoms with van der Waals surface area (Å²) in [4.78, 5) is 20.2. The predicted octanol–water partition coefficient (Wildman–Crippen LogP) is 2.85. The van der Waals surface area contributed by atoms with Gasteiger partial charge in [0.05, 0.1) is 34.8 Å². The zero-order chi connectivity index (χ0) is 18.1. The molecule has 2 heterocycles. The summed E-state index contributed by atoms with van der Waals surface area (Å²) < 4.78 is 2.04. The third-order valence-corrected chi connectivity index (χ3v) is 4.38. The molecule has 0 saturated carbocycles. The molecule has 26 heavy (non-hydrogen) atoms. The van der Waals surface area contributed by atoms with Gasteiger partial charge < -0.3 is 5.32 Å². The first kappa shape index (κ1) is 16.2. The van der Waals surface area contributed by atoms with Crippen LogP contribution in [0.25, 0.3) is 5.69 Å². The fourth-order valence-electron chi connectivity index (χ4n) is 3.24. The molecule has 2 aromatic carbocycles. The lowest BCUT2D eigenvalue weighted by Gasteiger charge is -2.14. The van der Waals surface area contributed by atoms with Crippen LogP contribution in [0.15, 0.2) is 59.7 Å². The summed E-state index contributed by atoms with van der Waals surface area (Å²) >= 11 is 0. The Morgan fingerprint density at radius 3 is 2.77 bits per heavy atom. The van der Waals surface area contributed by atoms with Crippen molar-refractivity contribution in [3.63, 3.8) is 0 Å². The maximum absolute atomic E-state index is 11.3. The number of nitro benzene ring substituents is 1. The minimum atomic E-state index is -0.378. The molecule has 0 unspecified atom stereocenters. The highest BCUT2D eigenvalue weighted by molar-refractivity contribution is 6.15. The number of hydrogen-bond donors (Lipinski definition) is 1. The first-order valence-corrected chi connectivity index (χ1v) is 8.28. The van der Waals surface area contributed by atoms with Crippen LogP contribution in [0, 0.1) is 10.1 Å². The SMILES string of the molecule is CNCc1cnc2n1-c1ccc([N+](=O)[O-])cc1C(c1ccccc1)=NC2. The van der Waals surface area contributed by atoms with E-state index in [1.807, 2.05) is 48.1 Å². The van der Waals surface area contributed by atoms with Gasteiger partial charge >= 0.3 is 0 Å². The van der Waals surface area contributed by atoms with Gasteiger partial charge in [-0.1, -0.05) is 30.3 Å². The first-order chi connectivity index (χ1) is 12.7. The number of hydrogen-bond acceptors (Lipinski definition) is 5. The highest BCUT2D eigenvalue weighted by atomic mass is 16.6. The number of benzene rings is 2. The maximum atomic E-state index is 11.3. The third-order valence-electron chi connectivity index (χ3n) is 4.38. The number of aromatic nitrogens is 2. The number of nitro groups is 1. The number of nitrogens with zero attached hydrogens (tertiary/aromatic N) is 4. The largest absolute Gasteiger partial charge is 0.314 e. The number of rotatable bonds is 4. The van der Waals surface area contributed by atoms with E-state index in [1.54, 1.807) is 12.1 Å². The van der Waals surface area contributed by atoms with Gasteiger partial charge in [-0.05, 0) is 13.1 Å². The van der Waals surface area contributed by atoms with Crippen LogP contribution >= 0.6 is 0 Å². The van der Waals surface area contributed by atoms with E-state index in [2.05, 4.69) is 10.3 Å². The van der Waals surface area contributed by atoms with Gasteiger partial charge in [0.2, 0.25) is 0 Å². The molecule has 4 rings (SSSR count). The molecule has 0 amide bonds. The Balaban J connectivity index is 1.98. The van der Waals surface area contributed by atoms with E-state index in [0.717, 1.165) is 34.0 Å². The molecule has 0 radical (unpaired) electrons. The molecule has 0 bridgehead atoms. The van der Waals surface area contributed by atoms with Crippen molar-refractivity contribution in [1.29, 1.82) is 0 Å². The van der Waals surface area contributed by atoms with E-state index < -0.39 is 0 Å². The molecule has 3 aromatic rings. The molecular formula is C19H17N5O2. The van der Waals surface area contributed by atoms with Gasteiger partial charge in [-0.2, -0.15) is 0 Å². The van der Waals surface area contributed by atoms with Gasteiger partial charge in [0.15, 0.2) is 0 Å². The standard InChI is InChI=1S/C19H17N5O2/c1-20-10-15-11-21-18-12-22-19(13-5-3-2-4-6-13)16-9-14(24(25)26)7-8-17(16)23(15)18/h2-9,11,20H,10,12H2,1H3. The van der Waals surface area contributed by atoms with E-state index >= 15 is 0 Å². The summed E-state index contributed by atoms with van der Waals surface area (Å²) in [5, 5.41) is 14.5. The fourth-order valence-corrected chi connectivity index (χ4v) is 3.24. The van der Waals surface area contributed by atoms with E-state index in [1.165, 1.54) is 6.07 Å². The summed E-state index contributed by atoms with van der Waals surface area (Å²) in [5.41, 5.74) is 4.29. The lowest BCUT2D eigenvalue weighted by Crippen LogP contribution is -2.13. The Labute approximate surface area is 150 Å². The minimum absolute atomic E-state index is 0.0473. The second kappa shape index (κ2) is 6.53. The molecule has 1 aliphatic rings. The first-order valence-electron chi connectivity index (χ1n) is 8.28. The number of non-ortho nitro benzene ring substituents is 1. The van der Waals surface area contributed by atoms with Crippen LogP contribution in [0.1, 0.15) is 22.6 Å². The Hall–Kier alpha value is -3.32. The van der Waals surface area contributed by atoms with Crippen LogP contribution in [0.4, 0.5) is 5.69 Å². The predicted molar refractivity (Wildman–Crippen MR) is 98.8 cm³/mol. The van der Waals surface area contributed by atoms with Crippen LogP contribution < -0.4 is 5.32 Å². The van der Waals surface area contributed by atoms with Crippen molar-refractivity contribution in [2.45, 2.75) is 13.1 Å². The molecule has 7 heteroatoms. The fraction of sp³-hybridized carbons (Fsp3) is 0.158. The molecule has 0 fully saturated rings. The molecule has 1 aromatic heterocycles. The van der Waals surface area contributed by atoms with Crippen LogP contribution in [0.3, 0.4) is 0 Å². The quantitative estimate of drug-likeness (QED) is 0.581. The molecule has 0 aliphatic carbocycles. The zero-order valence-corrected chi connectivity index (χ0v) is 14.2. The average molecular weight is 347 g/mol. The second-order valence-corrected chi connectivity index (χ2v) is 6.02. The Morgan fingerprint density at radius 2 is 2.04 bits per heavy atom. The molecule has 130 valence electrons. The monoisotopic (exact) mass is 347 g/mol. The van der Waals surface area contributed by atoms with Gasteiger partial charge in [-0.15, -0.1) is 0 Å². The number of fused-ring (bicyclic) bond motifs is 3. The highest BCUT2D eigenvalue weighted by Crippen LogP contribution is 2.29. The van der Waals surface area contributed by atoms with E-state index in [9.17, 15) is 10.1 Å². The summed E-state index contributed by atoms with van der Waals surface area (Å²) in [7, 11) is 1.87. The number of nitrogens with one attached hydrogen (secondary N) is 1. The minimum Gasteiger partial charge on any atom is -0.314 e. The molecule has 1 N–H and O–H groups in total. The lowest BCUT2D eigenvalue weighted by atomic mass is 10.00. The van der Waals surface area contributed by atoms with Crippen molar-refractivity contribution in [3.8, 4) is 5.69 Å². The van der Waals surface area contributed by atoms with Crippen LogP contribution in [0.2, 0.25) is 0 Å². The maximum Gasteiger partial charge on any atom is 0.270 e. The van der Waals surface area contributed by atoms with Gasteiger partial charge in [-0.25, -0.2) is 4.98 Å². The number of aliphatic imine (C=N–C) groups is 1. The van der Waals surface area contributed by atoms with Crippen molar-refractivity contribution in [2.75, 3.05) is 7.05 Å². The Morgan fingerprint density at radius 1 is 1.23 bits per heavy atom. The zero-order valence-electron chi connectivity index (χ0n) is 14.2. The van der Waals surface area contributed by atoms with Crippen molar-refractivity contribution in [1.82, 2.24) is 14.9 Å². The van der Waals surface area contributed by atoms with Gasteiger partial charge in [0, 0.05) is 29.8 Å². The normalized spacial score (nSPS) is 12.7. The van der Waals surface area contributed by atoms with Gasteiger partial charge in [0.1, 0.15) is 5.82 Å². The summed E-state index contributed by atoms with van der Waals surface area (Å²) in [6.45, 7) is 1.06. The Kier molecular flexibility index (Phi) is 4.06. The third kappa shape index (κ3) is 2.68. The second-order valence-electron chi connectivity index (χ2n) is 6.02. The van der Waals surface area contributed by atoms with E-state index in [-0.39, 0.29) is 10.6 Å². The molecule has 0 saturated heterocycles. The van der Waals surface area contributed by atoms with Crippen molar-refractivity contribution < 1.29 is 4.92 Å². The van der Waals surface area contributed by atoms with Crippen molar-refractivity contribution >= 4 is 11.4 Å². The van der Waals surface area contributed by atoms with Crippen molar-refractivity contribution in [3.05, 3.63) is 87.5 Å². The summed E-state index contributed by atoms with van der Waals surface area (Å²) in [6.07, 6.45) is 1.82. The van der Waals surface area contributed by atoms with Crippen LogP contribution in [-0.2, 0) is 13.1 Å². The van der Waals surface area contributed by atoms with Gasteiger partial charge in [0.25, 0.3) is 5.69 Å². The molecule has 0 spiro atoms. The topological polar surface area (TPSA) is 85.3 Å². The molecule has 0 atom stereocenters. The van der Waals surface area contributed by atoms with E-state index in [4.69, 9.17) is 4.99 Å².